The highest BCUT2D eigenvalue weighted by atomic mass is 35.5. The predicted molar refractivity (Wildman–Crippen MR) is 111 cm³/mol. The minimum atomic E-state index is -1.58. The third-order valence-electron chi connectivity index (χ3n) is 4.31. The summed E-state index contributed by atoms with van der Waals surface area (Å²) in [5.74, 6) is 4.17. The van der Waals surface area contributed by atoms with E-state index < -0.39 is 23.5 Å². The van der Waals surface area contributed by atoms with Crippen molar-refractivity contribution in [3.05, 3.63) is 63.1 Å². The van der Waals surface area contributed by atoms with Gasteiger partial charge in [-0.05, 0) is 62.7 Å². The van der Waals surface area contributed by atoms with Gasteiger partial charge in [0.05, 0.1) is 16.2 Å². The van der Waals surface area contributed by atoms with Crippen molar-refractivity contribution in [1.29, 1.82) is 5.26 Å². The van der Waals surface area contributed by atoms with Crippen LogP contribution in [0.25, 0.3) is 0 Å². The molecular formula is C20H20Cl2N4O3. The van der Waals surface area contributed by atoms with Crippen molar-refractivity contribution in [2.24, 2.45) is 5.84 Å². The number of amides is 2. The lowest BCUT2D eigenvalue weighted by Crippen LogP contribution is -2.57. The first-order valence-corrected chi connectivity index (χ1v) is 9.29. The van der Waals surface area contributed by atoms with Gasteiger partial charge in [-0.25, -0.2) is 10.9 Å². The molecule has 4 N–H and O–H groups in total. The number of rotatable bonds is 5. The number of anilines is 1. The molecule has 2 aromatic rings. The van der Waals surface area contributed by atoms with Crippen LogP contribution in [-0.2, 0) is 4.79 Å². The molecule has 2 amide bonds. The summed E-state index contributed by atoms with van der Waals surface area (Å²) in [4.78, 5) is 25.5. The Balaban J connectivity index is 2.34. The van der Waals surface area contributed by atoms with Crippen LogP contribution in [0.3, 0.4) is 0 Å². The number of aliphatic hydroxyl groups is 1. The van der Waals surface area contributed by atoms with Gasteiger partial charge in [-0.15, -0.1) is 0 Å². The Bertz CT molecular complexity index is 979. The maximum absolute atomic E-state index is 12.9. The van der Waals surface area contributed by atoms with Crippen LogP contribution in [0.2, 0.25) is 10.0 Å². The van der Waals surface area contributed by atoms with E-state index >= 15 is 0 Å². The van der Waals surface area contributed by atoms with Gasteiger partial charge in [-0.3, -0.25) is 9.59 Å². The van der Waals surface area contributed by atoms with Crippen LogP contribution in [0, 0.1) is 18.3 Å². The Morgan fingerprint density at radius 2 is 1.79 bits per heavy atom. The molecule has 0 saturated heterocycles. The number of imide groups is 1. The average Bonchev–Trinajstić information content (AvgIpc) is 2.67. The summed E-state index contributed by atoms with van der Waals surface area (Å²) in [6, 6.07) is 9.63. The topological polar surface area (TPSA) is 119 Å². The molecule has 1 atom stereocenters. The quantitative estimate of drug-likeness (QED) is 0.377. The summed E-state index contributed by atoms with van der Waals surface area (Å²) in [6.07, 6.45) is 0. The van der Waals surface area contributed by atoms with Crippen molar-refractivity contribution >= 4 is 40.7 Å². The third-order valence-corrected chi connectivity index (χ3v) is 5.05. The van der Waals surface area contributed by atoms with E-state index in [4.69, 9.17) is 34.3 Å². The fourth-order valence-corrected chi connectivity index (χ4v) is 2.93. The summed E-state index contributed by atoms with van der Waals surface area (Å²) in [5.41, 5.74) is -0.208. The fraction of sp³-hybridized carbons (Fsp3) is 0.250. The maximum atomic E-state index is 12.9. The standard InChI is InChI=1S/C20H20Cl2N4O3/c1-11-15(9-6-13(10-23)16(11)22)25-17(20(2,3)29)19(28)26(24)18(27)12-4-7-14(21)8-5-12/h4-9,17,25,29H,24H2,1-3H3/t17-/m0/s1. The first-order chi connectivity index (χ1) is 13.5. The number of halogens is 2. The monoisotopic (exact) mass is 434 g/mol. The first-order valence-electron chi connectivity index (χ1n) is 8.54. The summed E-state index contributed by atoms with van der Waals surface area (Å²) in [5, 5.41) is 23.6. The van der Waals surface area contributed by atoms with E-state index in [0.29, 0.717) is 21.3 Å². The van der Waals surface area contributed by atoms with E-state index in [2.05, 4.69) is 5.32 Å². The molecule has 0 aliphatic rings. The second kappa shape index (κ2) is 8.80. The zero-order valence-electron chi connectivity index (χ0n) is 16.0. The Morgan fingerprint density at radius 1 is 1.21 bits per heavy atom. The molecule has 7 nitrogen and oxygen atoms in total. The Hall–Kier alpha value is -2.63. The molecule has 0 heterocycles. The van der Waals surface area contributed by atoms with E-state index in [-0.39, 0.29) is 16.1 Å². The van der Waals surface area contributed by atoms with E-state index in [9.17, 15) is 14.7 Å². The smallest absolute Gasteiger partial charge is 0.274 e. The number of benzene rings is 2. The lowest BCUT2D eigenvalue weighted by Gasteiger charge is -2.32. The van der Waals surface area contributed by atoms with Crippen molar-refractivity contribution < 1.29 is 14.7 Å². The summed E-state index contributed by atoms with van der Waals surface area (Å²) < 4.78 is 0. The van der Waals surface area contributed by atoms with Crippen molar-refractivity contribution in [3.8, 4) is 6.07 Å². The van der Waals surface area contributed by atoms with Crippen LogP contribution in [-0.4, -0.2) is 33.6 Å². The number of carbonyl (C=O) groups excluding carboxylic acids is 2. The van der Waals surface area contributed by atoms with Gasteiger partial charge in [0.15, 0.2) is 0 Å². The van der Waals surface area contributed by atoms with Crippen LogP contribution in [0.5, 0.6) is 0 Å². The van der Waals surface area contributed by atoms with Crippen LogP contribution in [0.15, 0.2) is 36.4 Å². The number of nitrogens with two attached hydrogens (primary N) is 1. The molecular weight excluding hydrogens is 415 g/mol. The summed E-state index contributed by atoms with van der Waals surface area (Å²) in [6.45, 7) is 4.48. The first kappa shape index (κ1) is 22.7. The SMILES string of the molecule is Cc1c(N[C@@H](C(=O)N(N)C(=O)c2ccc(Cl)cc2)C(C)(C)O)ccc(C#N)c1Cl. The molecule has 0 aliphatic carbocycles. The van der Waals surface area contributed by atoms with Crippen molar-refractivity contribution in [1.82, 2.24) is 5.01 Å². The highest BCUT2D eigenvalue weighted by Crippen LogP contribution is 2.29. The molecule has 0 radical (unpaired) electrons. The van der Waals surface area contributed by atoms with E-state index in [1.807, 2.05) is 6.07 Å². The van der Waals surface area contributed by atoms with Crippen molar-refractivity contribution in [2.75, 3.05) is 5.32 Å². The van der Waals surface area contributed by atoms with Crippen LogP contribution in [0.4, 0.5) is 5.69 Å². The van der Waals surface area contributed by atoms with Crippen molar-refractivity contribution in [3.63, 3.8) is 0 Å². The molecule has 0 bridgehead atoms. The van der Waals surface area contributed by atoms with Crippen LogP contribution in [0.1, 0.15) is 35.3 Å². The lowest BCUT2D eigenvalue weighted by molar-refractivity contribution is -0.134. The predicted octanol–water partition coefficient (Wildman–Crippen LogP) is 3.27. The van der Waals surface area contributed by atoms with Gasteiger partial charge in [0, 0.05) is 16.3 Å². The molecule has 9 heteroatoms. The molecule has 0 fully saturated rings. The maximum Gasteiger partial charge on any atom is 0.274 e. The van der Waals surface area contributed by atoms with E-state index in [0.717, 1.165) is 0 Å². The molecule has 0 unspecified atom stereocenters. The molecule has 29 heavy (non-hydrogen) atoms. The second-order valence-electron chi connectivity index (χ2n) is 6.96. The minimum Gasteiger partial charge on any atom is -0.388 e. The molecule has 2 aromatic carbocycles. The number of carbonyl (C=O) groups is 2. The van der Waals surface area contributed by atoms with Gasteiger partial charge in [0.1, 0.15) is 12.1 Å². The second-order valence-corrected chi connectivity index (χ2v) is 7.78. The molecule has 0 aromatic heterocycles. The van der Waals surface area contributed by atoms with E-state index in [1.54, 1.807) is 13.0 Å². The number of hydrogen-bond acceptors (Lipinski definition) is 6. The highest BCUT2D eigenvalue weighted by molar-refractivity contribution is 6.33. The highest BCUT2D eigenvalue weighted by Gasteiger charge is 2.38. The Morgan fingerprint density at radius 3 is 2.31 bits per heavy atom. The average molecular weight is 435 g/mol. The number of nitrogens with one attached hydrogen (secondary N) is 1. The summed E-state index contributed by atoms with van der Waals surface area (Å²) in [7, 11) is 0. The van der Waals surface area contributed by atoms with E-state index in [1.165, 1.54) is 44.2 Å². The van der Waals surface area contributed by atoms with Gasteiger partial charge in [-0.2, -0.15) is 5.26 Å². The van der Waals surface area contributed by atoms with Crippen molar-refractivity contribution in [2.45, 2.75) is 32.4 Å². The largest absolute Gasteiger partial charge is 0.388 e. The molecule has 0 spiro atoms. The lowest BCUT2D eigenvalue weighted by atomic mass is 9.96. The number of hydrazine groups is 1. The third kappa shape index (κ3) is 5.05. The Kier molecular flexibility index (Phi) is 6.88. The zero-order chi connectivity index (χ0) is 21.9. The van der Waals surface area contributed by atoms with Gasteiger partial charge < -0.3 is 10.4 Å². The molecule has 0 saturated carbocycles. The molecule has 0 aliphatic heterocycles. The fourth-order valence-electron chi connectivity index (χ4n) is 2.59. The number of nitrogens with zero attached hydrogens (tertiary/aromatic N) is 2. The zero-order valence-corrected chi connectivity index (χ0v) is 17.5. The Labute approximate surface area is 178 Å². The molecule has 152 valence electrons. The van der Waals surface area contributed by atoms with Crippen LogP contribution < -0.4 is 11.2 Å². The van der Waals surface area contributed by atoms with Gasteiger partial charge in [0.2, 0.25) is 0 Å². The minimum absolute atomic E-state index is 0.164. The van der Waals surface area contributed by atoms with Crippen LogP contribution >= 0.6 is 23.2 Å². The number of nitriles is 1. The summed E-state index contributed by atoms with van der Waals surface area (Å²) >= 11 is 12.0. The normalized spacial score (nSPS) is 12.1. The molecule has 2 rings (SSSR count). The number of hydrogen-bond donors (Lipinski definition) is 3. The van der Waals surface area contributed by atoms with Gasteiger partial charge in [-0.1, -0.05) is 23.2 Å². The van der Waals surface area contributed by atoms with Gasteiger partial charge >= 0.3 is 0 Å². The van der Waals surface area contributed by atoms with Gasteiger partial charge in [0.25, 0.3) is 11.8 Å².